The summed E-state index contributed by atoms with van der Waals surface area (Å²) in [4.78, 5) is 13.5. The number of rotatable bonds is 5. The molecule has 1 saturated heterocycles. The van der Waals surface area contributed by atoms with Crippen LogP contribution in [0.15, 0.2) is 18.5 Å². The minimum atomic E-state index is 0.314. The summed E-state index contributed by atoms with van der Waals surface area (Å²) in [5, 5.41) is 12.1. The Labute approximate surface area is 167 Å². The van der Waals surface area contributed by atoms with Gasteiger partial charge in [-0.15, -0.1) is 0 Å². The van der Waals surface area contributed by atoms with Gasteiger partial charge in [0.15, 0.2) is 5.65 Å². The monoisotopic (exact) mass is 399 g/mol. The Morgan fingerprint density at radius 1 is 1.25 bits per heavy atom. The largest absolute Gasteiger partial charge is 0.495 e. The summed E-state index contributed by atoms with van der Waals surface area (Å²) in [6.07, 6.45) is 7.89. The van der Waals surface area contributed by atoms with Crippen LogP contribution in [-0.2, 0) is 0 Å². The zero-order chi connectivity index (χ0) is 19.1. The van der Waals surface area contributed by atoms with E-state index in [1.165, 1.54) is 0 Å². The van der Waals surface area contributed by atoms with E-state index in [0.29, 0.717) is 34.3 Å². The Kier molecular flexibility index (Phi) is 4.52. The lowest BCUT2D eigenvalue weighted by molar-refractivity contribution is 0.405. The number of hydrogen-bond acceptors (Lipinski definition) is 7. The van der Waals surface area contributed by atoms with Crippen LogP contribution in [0, 0.1) is 0 Å². The van der Waals surface area contributed by atoms with Crippen LogP contribution in [0.25, 0.3) is 17.0 Å². The number of imidazole rings is 1. The minimum absolute atomic E-state index is 0.314. The third-order valence-electron chi connectivity index (χ3n) is 5.29. The van der Waals surface area contributed by atoms with Crippen LogP contribution < -0.4 is 15.4 Å². The molecule has 1 aliphatic heterocycles. The summed E-state index contributed by atoms with van der Waals surface area (Å²) >= 11 is 6.45. The summed E-state index contributed by atoms with van der Waals surface area (Å²) in [5.74, 6) is 1.80. The number of nitrogens with zero attached hydrogens (tertiary/aromatic N) is 5. The van der Waals surface area contributed by atoms with Crippen molar-refractivity contribution in [1.82, 2.24) is 29.9 Å². The molecule has 8 nitrogen and oxygen atoms in total. The molecule has 1 aliphatic carbocycles. The zero-order valence-corrected chi connectivity index (χ0v) is 16.4. The summed E-state index contributed by atoms with van der Waals surface area (Å²) in [5.41, 5.74) is 3.04. The van der Waals surface area contributed by atoms with Gasteiger partial charge in [0.2, 0.25) is 5.95 Å². The number of anilines is 1. The molecule has 1 unspecified atom stereocenters. The van der Waals surface area contributed by atoms with Gasteiger partial charge in [0.05, 0.1) is 24.5 Å². The van der Waals surface area contributed by atoms with Gasteiger partial charge in [-0.1, -0.05) is 11.6 Å². The molecule has 0 spiro atoms. The maximum atomic E-state index is 6.45. The second-order valence-corrected chi connectivity index (χ2v) is 7.77. The van der Waals surface area contributed by atoms with Crippen molar-refractivity contribution in [3.05, 3.63) is 29.2 Å². The maximum absolute atomic E-state index is 6.45. The lowest BCUT2D eigenvalue weighted by Crippen LogP contribution is -2.38. The fraction of sp³-hybridized carbons (Fsp3) is 0.474. The van der Waals surface area contributed by atoms with Crippen LogP contribution in [0.1, 0.15) is 37.3 Å². The van der Waals surface area contributed by atoms with Crippen molar-refractivity contribution in [3.63, 3.8) is 0 Å². The van der Waals surface area contributed by atoms with E-state index in [1.54, 1.807) is 24.0 Å². The molecular weight excluding hydrogens is 378 g/mol. The number of aromatic nitrogens is 5. The fourth-order valence-corrected chi connectivity index (χ4v) is 3.84. The number of nitrogens with one attached hydrogen (secondary N) is 2. The van der Waals surface area contributed by atoms with Crippen molar-refractivity contribution < 1.29 is 4.74 Å². The Hall–Kier alpha value is -2.45. The van der Waals surface area contributed by atoms with Gasteiger partial charge < -0.3 is 15.4 Å². The molecule has 0 aromatic carbocycles. The van der Waals surface area contributed by atoms with Crippen LogP contribution in [0.4, 0.5) is 5.95 Å². The third-order valence-corrected chi connectivity index (χ3v) is 5.56. The topological polar surface area (TPSA) is 89.3 Å². The average molecular weight is 400 g/mol. The quantitative estimate of drug-likeness (QED) is 0.681. The van der Waals surface area contributed by atoms with E-state index in [9.17, 15) is 0 Å². The highest BCUT2D eigenvalue weighted by Gasteiger charge is 2.30. The van der Waals surface area contributed by atoms with Crippen molar-refractivity contribution in [2.24, 2.45) is 0 Å². The molecule has 0 radical (unpaired) electrons. The van der Waals surface area contributed by atoms with E-state index < -0.39 is 0 Å². The highest BCUT2D eigenvalue weighted by Crippen LogP contribution is 2.43. The molecule has 146 valence electrons. The molecule has 2 aliphatic rings. The van der Waals surface area contributed by atoms with Crippen LogP contribution in [0.2, 0.25) is 5.02 Å². The Morgan fingerprint density at radius 2 is 2.14 bits per heavy atom. The molecule has 2 fully saturated rings. The number of hydrogen-bond donors (Lipinski definition) is 2. The van der Waals surface area contributed by atoms with E-state index in [1.807, 2.05) is 6.07 Å². The minimum Gasteiger partial charge on any atom is -0.495 e. The summed E-state index contributed by atoms with van der Waals surface area (Å²) in [6, 6.07) is 2.24. The Balaban J connectivity index is 1.53. The van der Waals surface area contributed by atoms with E-state index in [-0.39, 0.29) is 0 Å². The number of ether oxygens (including phenoxy) is 1. The molecule has 5 rings (SSSR count). The van der Waals surface area contributed by atoms with Gasteiger partial charge in [0, 0.05) is 24.6 Å². The number of halogens is 1. The highest BCUT2D eigenvalue weighted by atomic mass is 35.5. The zero-order valence-electron chi connectivity index (χ0n) is 15.7. The predicted molar refractivity (Wildman–Crippen MR) is 107 cm³/mol. The van der Waals surface area contributed by atoms with Crippen LogP contribution >= 0.6 is 11.6 Å². The SMILES string of the molecule is COc1cc2ncc(-c3nc(NC4CCCNC4)ncc3Cl)n2nc1C1CC1. The Bertz CT molecular complexity index is 1010. The van der Waals surface area contributed by atoms with E-state index in [2.05, 4.69) is 25.6 Å². The first kappa shape index (κ1) is 17.6. The van der Waals surface area contributed by atoms with Gasteiger partial charge in [-0.25, -0.2) is 19.5 Å². The molecule has 3 aromatic heterocycles. The molecule has 0 amide bonds. The average Bonchev–Trinajstić information content (AvgIpc) is 3.49. The van der Waals surface area contributed by atoms with Crippen molar-refractivity contribution >= 4 is 23.2 Å². The van der Waals surface area contributed by atoms with Crippen molar-refractivity contribution in [2.75, 3.05) is 25.5 Å². The van der Waals surface area contributed by atoms with Gasteiger partial charge in [0.1, 0.15) is 22.8 Å². The molecule has 3 aromatic rings. The van der Waals surface area contributed by atoms with Crippen molar-refractivity contribution in [2.45, 2.75) is 37.6 Å². The first-order chi connectivity index (χ1) is 13.7. The van der Waals surface area contributed by atoms with E-state index in [0.717, 1.165) is 55.9 Å². The predicted octanol–water partition coefficient (Wildman–Crippen LogP) is 2.89. The number of piperidine rings is 1. The normalized spacial score (nSPS) is 19.7. The molecular formula is C19H22ClN7O. The fourth-order valence-electron chi connectivity index (χ4n) is 3.65. The smallest absolute Gasteiger partial charge is 0.223 e. The number of fused-ring (bicyclic) bond motifs is 1. The maximum Gasteiger partial charge on any atom is 0.223 e. The van der Waals surface area contributed by atoms with Crippen LogP contribution in [0.3, 0.4) is 0 Å². The lowest BCUT2D eigenvalue weighted by atomic mass is 10.1. The first-order valence-electron chi connectivity index (χ1n) is 9.66. The Morgan fingerprint density at radius 3 is 2.89 bits per heavy atom. The second kappa shape index (κ2) is 7.18. The standard InChI is InChI=1S/C19H22ClN7O/c1-28-15-7-16-22-10-14(27(16)26-17(15)11-4-5-11)18-13(20)9-23-19(25-18)24-12-3-2-6-21-8-12/h7,9-12,21H,2-6,8H2,1H3,(H,23,24,25). The molecule has 28 heavy (non-hydrogen) atoms. The van der Waals surface area contributed by atoms with Crippen molar-refractivity contribution in [3.8, 4) is 17.1 Å². The third kappa shape index (κ3) is 3.27. The summed E-state index contributed by atoms with van der Waals surface area (Å²) in [6.45, 7) is 1.97. The molecule has 1 saturated carbocycles. The van der Waals surface area contributed by atoms with Gasteiger partial charge in [-0.05, 0) is 32.2 Å². The van der Waals surface area contributed by atoms with E-state index >= 15 is 0 Å². The molecule has 4 heterocycles. The molecule has 0 bridgehead atoms. The first-order valence-corrected chi connectivity index (χ1v) is 10.0. The molecule has 2 N–H and O–H groups in total. The second-order valence-electron chi connectivity index (χ2n) is 7.36. The summed E-state index contributed by atoms with van der Waals surface area (Å²) in [7, 11) is 1.67. The lowest BCUT2D eigenvalue weighted by Gasteiger charge is -2.23. The summed E-state index contributed by atoms with van der Waals surface area (Å²) < 4.78 is 7.32. The molecule has 9 heteroatoms. The van der Waals surface area contributed by atoms with Crippen molar-refractivity contribution in [1.29, 1.82) is 0 Å². The van der Waals surface area contributed by atoms with Crippen LogP contribution in [-0.4, -0.2) is 50.8 Å². The molecule has 1 atom stereocenters. The highest BCUT2D eigenvalue weighted by molar-refractivity contribution is 6.32. The van der Waals surface area contributed by atoms with Gasteiger partial charge in [-0.2, -0.15) is 5.10 Å². The van der Waals surface area contributed by atoms with Gasteiger partial charge >= 0.3 is 0 Å². The number of methoxy groups -OCH3 is 1. The van der Waals surface area contributed by atoms with E-state index in [4.69, 9.17) is 21.4 Å². The van der Waals surface area contributed by atoms with Crippen LogP contribution in [0.5, 0.6) is 5.75 Å². The van der Waals surface area contributed by atoms with Gasteiger partial charge in [-0.3, -0.25) is 0 Å². The van der Waals surface area contributed by atoms with Gasteiger partial charge in [0.25, 0.3) is 0 Å².